The fourth-order valence-electron chi connectivity index (χ4n) is 4.71. The van der Waals surface area contributed by atoms with Crippen molar-refractivity contribution >= 4 is 32.3 Å². The molecule has 0 saturated carbocycles. The minimum Gasteiger partial charge on any atom is -0.493 e. The van der Waals surface area contributed by atoms with E-state index in [0.717, 1.165) is 10.9 Å². The zero-order chi connectivity index (χ0) is 24.7. The third-order valence-corrected chi connectivity index (χ3v) is 8.08. The number of rotatable bonds is 6. The Morgan fingerprint density at radius 3 is 2.29 bits per heavy atom. The van der Waals surface area contributed by atoms with Crippen molar-refractivity contribution in [2.24, 2.45) is 0 Å². The SMILES string of the molecule is COc1cc2c3c(n(S(=O)(=O)c4ccccc4)c2cc1OC)CN(c1ccccc1[N+](=O)[O-])CC3. The van der Waals surface area contributed by atoms with Gasteiger partial charge in [0.1, 0.15) is 5.69 Å². The van der Waals surface area contributed by atoms with Crippen LogP contribution in [0, 0.1) is 10.1 Å². The molecule has 35 heavy (non-hydrogen) atoms. The maximum atomic E-state index is 13.9. The van der Waals surface area contributed by atoms with Crippen molar-refractivity contribution in [2.75, 3.05) is 25.7 Å². The first kappa shape index (κ1) is 22.7. The summed E-state index contributed by atoms with van der Waals surface area (Å²) in [5.74, 6) is 0.910. The second-order valence-electron chi connectivity index (χ2n) is 8.15. The van der Waals surface area contributed by atoms with Crippen LogP contribution in [0.4, 0.5) is 11.4 Å². The molecule has 10 heteroatoms. The Balaban J connectivity index is 1.77. The van der Waals surface area contributed by atoms with E-state index in [1.165, 1.54) is 24.3 Å². The quantitative estimate of drug-likeness (QED) is 0.290. The van der Waals surface area contributed by atoms with Crippen LogP contribution >= 0.6 is 0 Å². The molecule has 0 radical (unpaired) electrons. The summed E-state index contributed by atoms with van der Waals surface area (Å²) in [7, 11) is -0.950. The lowest BCUT2D eigenvalue weighted by Gasteiger charge is -2.30. The molecule has 3 aromatic carbocycles. The van der Waals surface area contributed by atoms with Crippen LogP contribution in [-0.4, -0.2) is 38.1 Å². The molecule has 0 atom stereocenters. The minimum absolute atomic E-state index is 0.0205. The summed E-state index contributed by atoms with van der Waals surface area (Å²) in [4.78, 5) is 13.2. The molecular weight excluding hydrogens is 470 g/mol. The molecule has 1 aliphatic rings. The molecule has 0 N–H and O–H groups in total. The number of nitro benzene ring substituents is 1. The van der Waals surface area contributed by atoms with Crippen molar-refractivity contribution in [1.29, 1.82) is 0 Å². The number of nitrogens with zero attached hydrogens (tertiary/aromatic N) is 3. The monoisotopic (exact) mass is 493 g/mol. The predicted octanol–water partition coefficient (Wildman–Crippen LogP) is 4.37. The zero-order valence-corrected chi connectivity index (χ0v) is 20.0. The van der Waals surface area contributed by atoms with Crippen LogP contribution in [0.25, 0.3) is 10.9 Å². The van der Waals surface area contributed by atoms with Gasteiger partial charge in [-0.25, -0.2) is 12.4 Å². The topological polar surface area (TPSA) is 104 Å². The lowest BCUT2D eigenvalue weighted by molar-refractivity contribution is -0.384. The van der Waals surface area contributed by atoms with E-state index in [2.05, 4.69) is 0 Å². The van der Waals surface area contributed by atoms with Crippen LogP contribution in [0.15, 0.2) is 71.6 Å². The van der Waals surface area contributed by atoms with E-state index in [1.54, 1.807) is 60.7 Å². The normalized spacial score (nSPS) is 13.5. The molecule has 0 saturated heterocycles. The van der Waals surface area contributed by atoms with Crippen molar-refractivity contribution in [3.05, 3.63) is 88.1 Å². The first-order valence-corrected chi connectivity index (χ1v) is 12.4. The largest absolute Gasteiger partial charge is 0.493 e. The minimum atomic E-state index is -3.98. The first-order valence-electron chi connectivity index (χ1n) is 10.9. The van der Waals surface area contributed by atoms with E-state index in [0.29, 0.717) is 41.4 Å². The van der Waals surface area contributed by atoms with Crippen LogP contribution in [0.5, 0.6) is 11.5 Å². The summed E-state index contributed by atoms with van der Waals surface area (Å²) >= 11 is 0. The number of methoxy groups -OCH3 is 2. The van der Waals surface area contributed by atoms with Crippen LogP contribution in [-0.2, 0) is 23.0 Å². The van der Waals surface area contributed by atoms with Gasteiger partial charge < -0.3 is 14.4 Å². The molecule has 9 nitrogen and oxygen atoms in total. The zero-order valence-electron chi connectivity index (χ0n) is 19.2. The third-order valence-electron chi connectivity index (χ3n) is 6.31. The van der Waals surface area contributed by atoms with Crippen molar-refractivity contribution in [2.45, 2.75) is 17.9 Å². The smallest absolute Gasteiger partial charge is 0.292 e. The predicted molar refractivity (Wildman–Crippen MR) is 132 cm³/mol. The van der Waals surface area contributed by atoms with Gasteiger partial charge in [0.25, 0.3) is 15.7 Å². The molecule has 0 unspecified atom stereocenters. The van der Waals surface area contributed by atoms with Crippen LogP contribution < -0.4 is 14.4 Å². The van der Waals surface area contributed by atoms with Crippen LogP contribution in [0.1, 0.15) is 11.3 Å². The lowest BCUT2D eigenvalue weighted by atomic mass is 10.0. The second-order valence-corrected chi connectivity index (χ2v) is 9.94. The Hall–Kier alpha value is -4.05. The van der Waals surface area contributed by atoms with Gasteiger partial charge in [-0.1, -0.05) is 30.3 Å². The van der Waals surface area contributed by atoms with Crippen LogP contribution in [0.2, 0.25) is 0 Å². The van der Waals surface area contributed by atoms with E-state index >= 15 is 0 Å². The molecule has 0 bridgehead atoms. The number of ether oxygens (including phenoxy) is 2. The maximum absolute atomic E-state index is 13.9. The van der Waals surface area contributed by atoms with E-state index in [1.807, 2.05) is 4.90 Å². The summed E-state index contributed by atoms with van der Waals surface area (Å²) in [6.45, 7) is 0.683. The Kier molecular flexibility index (Phi) is 5.60. The highest BCUT2D eigenvalue weighted by molar-refractivity contribution is 7.90. The van der Waals surface area contributed by atoms with Gasteiger partial charge in [0, 0.05) is 24.1 Å². The van der Waals surface area contributed by atoms with Gasteiger partial charge in [0.05, 0.1) is 41.8 Å². The van der Waals surface area contributed by atoms with Gasteiger partial charge in [-0.05, 0) is 36.2 Å². The fraction of sp³-hybridized carbons (Fsp3) is 0.200. The molecule has 0 aliphatic carbocycles. The number of hydrogen-bond donors (Lipinski definition) is 0. The summed E-state index contributed by atoms with van der Waals surface area (Å²) in [5, 5.41) is 12.4. The fourth-order valence-corrected chi connectivity index (χ4v) is 6.29. The average molecular weight is 494 g/mol. The average Bonchev–Trinajstić information content (AvgIpc) is 3.21. The van der Waals surface area contributed by atoms with Gasteiger partial charge in [-0.3, -0.25) is 10.1 Å². The number of aromatic nitrogens is 1. The third kappa shape index (κ3) is 3.66. The second kappa shape index (κ2) is 8.62. The summed E-state index contributed by atoms with van der Waals surface area (Å²) in [6.07, 6.45) is 0.505. The highest BCUT2D eigenvalue weighted by Gasteiger charge is 2.33. The highest BCUT2D eigenvalue weighted by atomic mass is 32.2. The van der Waals surface area contributed by atoms with Gasteiger partial charge in [0.15, 0.2) is 11.5 Å². The van der Waals surface area contributed by atoms with Crippen molar-refractivity contribution < 1.29 is 22.8 Å². The van der Waals surface area contributed by atoms with Gasteiger partial charge in [-0.2, -0.15) is 0 Å². The van der Waals surface area contributed by atoms with E-state index in [9.17, 15) is 18.5 Å². The number of anilines is 1. The molecule has 1 aromatic heterocycles. The molecular formula is C25H23N3O6S. The van der Waals surface area contributed by atoms with E-state index in [-0.39, 0.29) is 17.1 Å². The van der Waals surface area contributed by atoms with Gasteiger partial charge >= 0.3 is 0 Å². The van der Waals surface area contributed by atoms with Gasteiger partial charge in [-0.15, -0.1) is 0 Å². The molecule has 4 aromatic rings. The lowest BCUT2D eigenvalue weighted by Crippen LogP contribution is -2.33. The molecule has 1 aliphatic heterocycles. The van der Waals surface area contributed by atoms with Crippen molar-refractivity contribution in [1.82, 2.24) is 3.97 Å². The number of para-hydroxylation sites is 2. The molecule has 0 spiro atoms. The first-order chi connectivity index (χ1) is 16.9. The summed E-state index contributed by atoms with van der Waals surface area (Å²) in [6, 6.07) is 18.2. The molecule has 5 rings (SSSR count). The standard InChI is InChI=1S/C25H23N3O6S/c1-33-24-14-19-18-12-13-26(20-10-6-7-11-21(20)28(29)30)16-23(18)27(22(19)15-25(24)34-2)35(31,32)17-8-4-3-5-9-17/h3-11,14-15H,12-13,16H2,1-2H3. The number of fused-ring (bicyclic) bond motifs is 3. The Labute approximate surface area is 202 Å². The van der Waals surface area contributed by atoms with Crippen LogP contribution in [0.3, 0.4) is 0 Å². The number of hydrogen-bond acceptors (Lipinski definition) is 7. The Morgan fingerprint density at radius 1 is 0.943 bits per heavy atom. The Bertz CT molecular complexity index is 1550. The summed E-state index contributed by atoms with van der Waals surface area (Å²) < 4.78 is 40.1. The van der Waals surface area contributed by atoms with Crippen molar-refractivity contribution in [3.63, 3.8) is 0 Å². The highest BCUT2D eigenvalue weighted by Crippen LogP contribution is 2.41. The van der Waals surface area contributed by atoms with E-state index < -0.39 is 14.9 Å². The number of nitro groups is 1. The summed E-state index contributed by atoms with van der Waals surface area (Å²) in [5.41, 5.74) is 2.33. The molecule has 0 fully saturated rings. The molecule has 0 amide bonds. The molecule has 180 valence electrons. The molecule has 2 heterocycles. The number of benzene rings is 3. The van der Waals surface area contributed by atoms with Gasteiger partial charge in [0.2, 0.25) is 0 Å². The van der Waals surface area contributed by atoms with Crippen molar-refractivity contribution in [3.8, 4) is 11.5 Å². The van der Waals surface area contributed by atoms with E-state index in [4.69, 9.17) is 9.47 Å². The Morgan fingerprint density at radius 2 is 1.60 bits per heavy atom. The maximum Gasteiger partial charge on any atom is 0.292 e.